The van der Waals surface area contributed by atoms with Crippen molar-refractivity contribution in [2.75, 3.05) is 6.54 Å². The standard InChI is InChI=1S/C12H14N4O3/c1-7-4-11(16-10(15-7)2-3-14-16)19-8-5-9(12(17)18)13-6-8/h2-4,8-9,13H,5-6H2,1H3,(H,17,18). The number of carboxylic acids is 1. The van der Waals surface area contributed by atoms with E-state index in [0.717, 1.165) is 11.3 Å². The lowest BCUT2D eigenvalue weighted by Gasteiger charge is -2.13. The fourth-order valence-electron chi connectivity index (χ4n) is 2.24. The normalized spacial score (nSPS) is 22.8. The van der Waals surface area contributed by atoms with Gasteiger partial charge in [-0.25, -0.2) is 4.98 Å². The van der Waals surface area contributed by atoms with Gasteiger partial charge in [0.1, 0.15) is 12.1 Å². The summed E-state index contributed by atoms with van der Waals surface area (Å²) in [5, 5.41) is 16.0. The highest BCUT2D eigenvalue weighted by molar-refractivity contribution is 5.73. The van der Waals surface area contributed by atoms with Crippen LogP contribution >= 0.6 is 0 Å². The highest BCUT2D eigenvalue weighted by Crippen LogP contribution is 2.19. The van der Waals surface area contributed by atoms with Crippen molar-refractivity contribution >= 4 is 11.6 Å². The molecule has 0 radical (unpaired) electrons. The van der Waals surface area contributed by atoms with Gasteiger partial charge < -0.3 is 15.2 Å². The summed E-state index contributed by atoms with van der Waals surface area (Å²) in [5.41, 5.74) is 1.56. The average molecular weight is 262 g/mol. The number of fused-ring (bicyclic) bond motifs is 1. The first-order chi connectivity index (χ1) is 9.13. The van der Waals surface area contributed by atoms with Gasteiger partial charge in [-0.3, -0.25) is 4.79 Å². The second-order valence-corrected chi connectivity index (χ2v) is 4.61. The first kappa shape index (κ1) is 11.9. The van der Waals surface area contributed by atoms with E-state index in [-0.39, 0.29) is 6.10 Å². The molecule has 1 saturated heterocycles. The Kier molecular flexibility index (Phi) is 2.83. The molecule has 0 amide bonds. The van der Waals surface area contributed by atoms with Crippen molar-refractivity contribution in [2.24, 2.45) is 0 Å². The van der Waals surface area contributed by atoms with Gasteiger partial charge in [0.15, 0.2) is 5.65 Å². The molecule has 0 spiro atoms. The van der Waals surface area contributed by atoms with Crippen LogP contribution in [0.1, 0.15) is 12.1 Å². The summed E-state index contributed by atoms with van der Waals surface area (Å²) < 4.78 is 7.45. The van der Waals surface area contributed by atoms with Gasteiger partial charge in [0.2, 0.25) is 5.88 Å². The van der Waals surface area contributed by atoms with Crippen LogP contribution in [0.2, 0.25) is 0 Å². The van der Waals surface area contributed by atoms with Gasteiger partial charge in [-0.15, -0.1) is 0 Å². The van der Waals surface area contributed by atoms with E-state index in [1.807, 2.05) is 6.92 Å². The molecule has 0 bridgehead atoms. The monoisotopic (exact) mass is 262 g/mol. The Bertz CT molecular complexity index is 624. The van der Waals surface area contributed by atoms with Crippen molar-refractivity contribution < 1.29 is 14.6 Å². The molecule has 2 atom stereocenters. The minimum atomic E-state index is -0.846. The second kappa shape index (κ2) is 4.51. The molecule has 1 aliphatic rings. The Morgan fingerprint density at radius 2 is 2.47 bits per heavy atom. The van der Waals surface area contributed by atoms with E-state index in [0.29, 0.717) is 18.8 Å². The molecule has 7 nitrogen and oxygen atoms in total. The smallest absolute Gasteiger partial charge is 0.320 e. The summed E-state index contributed by atoms with van der Waals surface area (Å²) in [4.78, 5) is 15.2. The predicted octanol–water partition coefficient (Wildman–Crippen LogP) is 0.232. The molecule has 0 aliphatic carbocycles. The van der Waals surface area contributed by atoms with Crippen LogP contribution in [0.15, 0.2) is 18.3 Å². The molecule has 2 unspecified atom stereocenters. The fraction of sp³-hybridized carbons (Fsp3) is 0.417. The largest absolute Gasteiger partial charge is 0.480 e. The van der Waals surface area contributed by atoms with E-state index >= 15 is 0 Å². The summed E-state index contributed by atoms with van der Waals surface area (Å²) in [6, 6.07) is 3.06. The first-order valence-corrected chi connectivity index (χ1v) is 6.08. The first-order valence-electron chi connectivity index (χ1n) is 6.08. The third-order valence-corrected chi connectivity index (χ3v) is 3.13. The molecule has 1 fully saturated rings. The van der Waals surface area contributed by atoms with E-state index in [1.165, 1.54) is 0 Å². The number of hydrogen-bond acceptors (Lipinski definition) is 5. The SMILES string of the molecule is Cc1cc(OC2CNC(C(=O)O)C2)n2nccc2n1. The number of rotatable bonds is 3. The van der Waals surface area contributed by atoms with Crippen LogP contribution in [-0.4, -0.2) is 44.4 Å². The molecule has 7 heteroatoms. The van der Waals surface area contributed by atoms with Crippen LogP contribution < -0.4 is 10.1 Å². The molecule has 3 rings (SSSR count). The van der Waals surface area contributed by atoms with Crippen LogP contribution in [-0.2, 0) is 4.79 Å². The molecule has 2 aromatic heterocycles. The van der Waals surface area contributed by atoms with Gasteiger partial charge in [0, 0.05) is 30.8 Å². The molecule has 100 valence electrons. The summed E-state index contributed by atoms with van der Waals surface area (Å²) in [6.07, 6.45) is 1.93. The number of nitrogens with one attached hydrogen (secondary N) is 1. The summed E-state index contributed by atoms with van der Waals surface area (Å²) in [7, 11) is 0. The third kappa shape index (κ3) is 2.24. The van der Waals surface area contributed by atoms with E-state index in [2.05, 4.69) is 15.4 Å². The highest BCUT2D eigenvalue weighted by Gasteiger charge is 2.30. The van der Waals surface area contributed by atoms with Gasteiger partial charge in [-0.2, -0.15) is 9.61 Å². The number of aryl methyl sites for hydroxylation is 1. The predicted molar refractivity (Wildman–Crippen MR) is 66.2 cm³/mol. The Labute approximate surface area is 109 Å². The quantitative estimate of drug-likeness (QED) is 0.823. The molecule has 2 N–H and O–H groups in total. The summed E-state index contributed by atoms with van der Waals surface area (Å²) in [5.74, 6) is -0.258. The van der Waals surface area contributed by atoms with Crippen LogP contribution in [0.4, 0.5) is 0 Å². The number of hydrogen-bond donors (Lipinski definition) is 2. The Morgan fingerprint density at radius 3 is 3.21 bits per heavy atom. The molecule has 0 aromatic carbocycles. The minimum Gasteiger partial charge on any atom is -0.480 e. The highest BCUT2D eigenvalue weighted by atomic mass is 16.5. The van der Waals surface area contributed by atoms with Crippen LogP contribution in [0, 0.1) is 6.92 Å². The lowest BCUT2D eigenvalue weighted by molar-refractivity contribution is -0.139. The van der Waals surface area contributed by atoms with Gasteiger partial charge in [-0.1, -0.05) is 0 Å². The van der Waals surface area contributed by atoms with Gasteiger partial charge in [0.25, 0.3) is 0 Å². The van der Waals surface area contributed by atoms with Crippen molar-refractivity contribution in [3.8, 4) is 5.88 Å². The van der Waals surface area contributed by atoms with E-state index in [4.69, 9.17) is 9.84 Å². The van der Waals surface area contributed by atoms with Crippen LogP contribution in [0.3, 0.4) is 0 Å². The summed E-state index contributed by atoms with van der Waals surface area (Å²) >= 11 is 0. The zero-order chi connectivity index (χ0) is 13.4. The summed E-state index contributed by atoms with van der Waals surface area (Å²) in [6.45, 7) is 2.40. The maximum atomic E-state index is 10.9. The second-order valence-electron chi connectivity index (χ2n) is 4.61. The fourth-order valence-corrected chi connectivity index (χ4v) is 2.24. The van der Waals surface area contributed by atoms with Crippen LogP contribution in [0.25, 0.3) is 5.65 Å². The molecular formula is C12H14N4O3. The lowest BCUT2D eigenvalue weighted by Crippen LogP contribution is -2.30. The van der Waals surface area contributed by atoms with E-state index in [1.54, 1.807) is 22.8 Å². The minimum absolute atomic E-state index is 0.171. The number of nitrogens with zero attached hydrogens (tertiary/aromatic N) is 3. The topological polar surface area (TPSA) is 88.8 Å². The molecule has 1 aliphatic heterocycles. The van der Waals surface area contributed by atoms with Crippen molar-refractivity contribution in [1.29, 1.82) is 0 Å². The number of carbonyl (C=O) groups is 1. The molecule has 2 aromatic rings. The zero-order valence-corrected chi connectivity index (χ0v) is 10.4. The van der Waals surface area contributed by atoms with Gasteiger partial charge >= 0.3 is 5.97 Å². The number of ether oxygens (including phenoxy) is 1. The van der Waals surface area contributed by atoms with Crippen molar-refractivity contribution in [3.63, 3.8) is 0 Å². The number of aromatic nitrogens is 3. The maximum Gasteiger partial charge on any atom is 0.320 e. The molecule has 0 saturated carbocycles. The molecule has 3 heterocycles. The maximum absolute atomic E-state index is 10.9. The van der Waals surface area contributed by atoms with Gasteiger partial charge in [0.05, 0.1) is 6.20 Å². The average Bonchev–Trinajstić information content (AvgIpc) is 2.96. The van der Waals surface area contributed by atoms with Crippen molar-refractivity contribution in [1.82, 2.24) is 19.9 Å². The van der Waals surface area contributed by atoms with Gasteiger partial charge in [-0.05, 0) is 6.92 Å². The van der Waals surface area contributed by atoms with Crippen molar-refractivity contribution in [2.45, 2.75) is 25.5 Å². The third-order valence-electron chi connectivity index (χ3n) is 3.13. The lowest BCUT2D eigenvalue weighted by atomic mass is 10.2. The van der Waals surface area contributed by atoms with Crippen molar-refractivity contribution in [3.05, 3.63) is 24.0 Å². The van der Waals surface area contributed by atoms with Crippen LogP contribution in [0.5, 0.6) is 5.88 Å². The molecular weight excluding hydrogens is 248 g/mol. The van der Waals surface area contributed by atoms with E-state index < -0.39 is 12.0 Å². The number of aliphatic carboxylic acids is 1. The Hall–Kier alpha value is -2.15. The Morgan fingerprint density at radius 1 is 1.63 bits per heavy atom. The zero-order valence-electron chi connectivity index (χ0n) is 10.4. The Balaban J connectivity index is 1.82. The molecule has 19 heavy (non-hydrogen) atoms. The van der Waals surface area contributed by atoms with E-state index in [9.17, 15) is 4.79 Å². The number of carboxylic acid groups (broad SMARTS) is 1.